The molecule has 0 bridgehead atoms. The number of anilines is 1. The summed E-state index contributed by atoms with van der Waals surface area (Å²) in [6.45, 7) is 2.23. The molecular formula is C20H27N3O. The summed E-state index contributed by atoms with van der Waals surface area (Å²) in [5, 5.41) is 0. The van der Waals surface area contributed by atoms with Crippen molar-refractivity contribution in [3.8, 4) is 0 Å². The zero-order valence-corrected chi connectivity index (χ0v) is 14.6. The van der Waals surface area contributed by atoms with Gasteiger partial charge in [0, 0.05) is 31.7 Å². The molecule has 4 heteroatoms. The van der Waals surface area contributed by atoms with Gasteiger partial charge in [0.2, 0.25) is 5.91 Å². The molecule has 0 atom stereocenters. The number of nitrogens with two attached hydrogens (primary N) is 1. The zero-order chi connectivity index (χ0) is 17.4. The number of nitrogens with zero attached hydrogens (tertiary/aromatic N) is 2. The first-order valence-electron chi connectivity index (χ1n) is 8.36. The van der Waals surface area contributed by atoms with E-state index in [9.17, 15) is 4.79 Å². The molecule has 2 rings (SSSR count). The first-order valence-corrected chi connectivity index (χ1v) is 8.36. The van der Waals surface area contributed by atoms with Crippen molar-refractivity contribution in [2.75, 3.05) is 32.9 Å². The highest BCUT2D eigenvalue weighted by Crippen LogP contribution is 2.14. The van der Waals surface area contributed by atoms with Crippen LogP contribution in [0.25, 0.3) is 0 Å². The molecule has 24 heavy (non-hydrogen) atoms. The van der Waals surface area contributed by atoms with E-state index in [0.717, 1.165) is 29.9 Å². The summed E-state index contributed by atoms with van der Waals surface area (Å²) in [5.74, 6) is 0.170. The number of carbonyl (C=O) groups excluding carboxylic acids is 1. The van der Waals surface area contributed by atoms with E-state index >= 15 is 0 Å². The summed E-state index contributed by atoms with van der Waals surface area (Å²) in [6, 6.07) is 17.9. The van der Waals surface area contributed by atoms with Gasteiger partial charge in [-0.05, 0) is 37.7 Å². The van der Waals surface area contributed by atoms with Crippen LogP contribution in [0.5, 0.6) is 0 Å². The molecule has 0 radical (unpaired) electrons. The van der Waals surface area contributed by atoms with E-state index in [2.05, 4.69) is 17.0 Å². The maximum atomic E-state index is 12.7. The monoisotopic (exact) mass is 325 g/mol. The van der Waals surface area contributed by atoms with E-state index < -0.39 is 0 Å². The normalized spacial score (nSPS) is 10.8. The minimum atomic E-state index is 0.170. The number of amides is 1. The van der Waals surface area contributed by atoms with E-state index in [1.54, 1.807) is 0 Å². The molecule has 2 aromatic carbocycles. The summed E-state index contributed by atoms with van der Waals surface area (Å²) in [6.07, 6.45) is 1.16. The maximum Gasteiger partial charge on any atom is 0.223 e. The fourth-order valence-corrected chi connectivity index (χ4v) is 2.58. The van der Waals surface area contributed by atoms with Gasteiger partial charge in [-0.2, -0.15) is 0 Å². The van der Waals surface area contributed by atoms with Crippen LogP contribution in [0.4, 0.5) is 5.69 Å². The Bertz CT molecular complexity index is 640. The summed E-state index contributed by atoms with van der Waals surface area (Å²) < 4.78 is 0. The van der Waals surface area contributed by atoms with Gasteiger partial charge in [-0.15, -0.1) is 0 Å². The maximum absolute atomic E-state index is 12.7. The van der Waals surface area contributed by atoms with E-state index in [1.165, 1.54) is 0 Å². The molecule has 1 amide bonds. The number of hydrogen-bond donors (Lipinski definition) is 1. The Morgan fingerprint density at radius 1 is 0.958 bits per heavy atom. The molecule has 0 fully saturated rings. The fraction of sp³-hybridized carbons (Fsp3) is 0.350. The Morgan fingerprint density at radius 3 is 2.29 bits per heavy atom. The molecule has 0 spiro atoms. The van der Waals surface area contributed by atoms with Crippen molar-refractivity contribution < 1.29 is 4.79 Å². The van der Waals surface area contributed by atoms with Crippen LogP contribution in [-0.4, -0.2) is 42.9 Å². The van der Waals surface area contributed by atoms with Gasteiger partial charge in [-0.25, -0.2) is 0 Å². The van der Waals surface area contributed by atoms with Crippen LogP contribution in [0.3, 0.4) is 0 Å². The van der Waals surface area contributed by atoms with Gasteiger partial charge >= 0.3 is 0 Å². The summed E-state index contributed by atoms with van der Waals surface area (Å²) in [7, 11) is 4.05. The number of nitrogen functional groups attached to an aromatic ring is 1. The Morgan fingerprint density at radius 2 is 1.62 bits per heavy atom. The van der Waals surface area contributed by atoms with Crippen LogP contribution in [-0.2, 0) is 17.8 Å². The molecule has 128 valence electrons. The number of para-hydroxylation sites is 1. The lowest BCUT2D eigenvalue weighted by atomic mass is 10.1. The molecule has 0 aliphatic carbocycles. The molecule has 4 nitrogen and oxygen atoms in total. The van der Waals surface area contributed by atoms with Gasteiger partial charge in [0.15, 0.2) is 0 Å². The number of likely N-dealkylation sites (N-methyl/N-ethyl adjacent to an activating group) is 1. The van der Waals surface area contributed by atoms with Gasteiger partial charge < -0.3 is 15.5 Å². The van der Waals surface area contributed by atoms with E-state index in [-0.39, 0.29) is 5.91 Å². The van der Waals surface area contributed by atoms with Crippen molar-refractivity contribution in [1.29, 1.82) is 0 Å². The molecule has 0 aliphatic rings. The highest BCUT2D eigenvalue weighted by Gasteiger charge is 2.14. The van der Waals surface area contributed by atoms with Crippen LogP contribution in [0.1, 0.15) is 17.5 Å². The molecule has 0 heterocycles. The van der Waals surface area contributed by atoms with Gasteiger partial charge in [0.25, 0.3) is 0 Å². The predicted molar refractivity (Wildman–Crippen MR) is 99.6 cm³/mol. The van der Waals surface area contributed by atoms with Crippen molar-refractivity contribution in [3.05, 3.63) is 65.7 Å². The van der Waals surface area contributed by atoms with Crippen LogP contribution in [0, 0.1) is 0 Å². The zero-order valence-electron chi connectivity index (χ0n) is 14.6. The summed E-state index contributed by atoms with van der Waals surface area (Å²) in [4.78, 5) is 16.7. The van der Waals surface area contributed by atoms with Crippen LogP contribution >= 0.6 is 0 Å². The second kappa shape index (κ2) is 9.08. The minimum Gasteiger partial charge on any atom is -0.399 e. The Labute approximate surface area is 144 Å². The van der Waals surface area contributed by atoms with Crippen molar-refractivity contribution >= 4 is 11.6 Å². The quantitative estimate of drug-likeness (QED) is 0.759. The number of aryl methyl sites for hydroxylation is 1. The van der Waals surface area contributed by atoms with E-state index in [0.29, 0.717) is 19.4 Å². The average Bonchev–Trinajstić information content (AvgIpc) is 2.58. The van der Waals surface area contributed by atoms with Crippen LogP contribution < -0.4 is 5.73 Å². The van der Waals surface area contributed by atoms with Crippen molar-refractivity contribution in [2.24, 2.45) is 0 Å². The predicted octanol–water partition coefficient (Wildman–Crippen LogP) is 2.79. The third kappa shape index (κ3) is 5.70. The van der Waals surface area contributed by atoms with Gasteiger partial charge in [-0.1, -0.05) is 48.5 Å². The van der Waals surface area contributed by atoms with Gasteiger partial charge in [-0.3, -0.25) is 4.79 Å². The van der Waals surface area contributed by atoms with Crippen LogP contribution in [0.15, 0.2) is 54.6 Å². The lowest BCUT2D eigenvalue weighted by Gasteiger charge is -2.25. The number of hydrogen-bond acceptors (Lipinski definition) is 3. The first kappa shape index (κ1) is 18.0. The Kier molecular flexibility index (Phi) is 6.82. The van der Waals surface area contributed by atoms with Crippen LogP contribution in [0.2, 0.25) is 0 Å². The SMILES string of the molecule is CN(C)CCN(Cc1ccccc1)C(=O)CCc1ccccc1N. The first-order chi connectivity index (χ1) is 11.6. The summed E-state index contributed by atoms with van der Waals surface area (Å²) >= 11 is 0. The van der Waals surface area contributed by atoms with Gasteiger partial charge in [0.1, 0.15) is 0 Å². The largest absolute Gasteiger partial charge is 0.399 e. The van der Waals surface area contributed by atoms with E-state index in [4.69, 9.17) is 5.73 Å². The number of benzene rings is 2. The molecule has 0 aliphatic heterocycles. The van der Waals surface area contributed by atoms with Crippen molar-refractivity contribution in [3.63, 3.8) is 0 Å². The lowest BCUT2D eigenvalue weighted by molar-refractivity contribution is -0.131. The third-order valence-corrected chi connectivity index (χ3v) is 4.05. The van der Waals surface area contributed by atoms with Crippen molar-refractivity contribution in [2.45, 2.75) is 19.4 Å². The topological polar surface area (TPSA) is 49.6 Å². The molecule has 2 aromatic rings. The minimum absolute atomic E-state index is 0.170. The highest BCUT2D eigenvalue weighted by atomic mass is 16.2. The van der Waals surface area contributed by atoms with E-state index in [1.807, 2.05) is 61.5 Å². The standard InChI is InChI=1S/C20H27N3O/c1-22(2)14-15-23(16-17-8-4-3-5-9-17)20(24)13-12-18-10-6-7-11-19(18)21/h3-11H,12-16,21H2,1-2H3. The lowest BCUT2D eigenvalue weighted by Crippen LogP contribution is -2.36. The smallest absolute Gasteiger partial charge is 0.223 e. The molecular weight excluding hydrogens is 298 g/mol. The second-order valence-corrected chi connectivity index (χ2v) is 6.30. The highest BCUT2D eigenvalue weighted by molar-refractivity contribution is 5.76. The van der Waals surface area contributed by atoms with Gasteiger partial charge in [0.05, 0.1) is 0 Å². The number of carbonyl (C=O) groups is 1. The summed E-state index contributed by atoms with van der Waals surface area (Å²) in [5.41, 5.74) is 8.93. The molecule has 2 N–H and O–H groups in total. The Balaban J connectivity index is 1.99. The second-order valence-electron chi connectivity index (χ2n) is 6.30. The molecule has 0 saturated carbocycles. The molecule has 0 unspecified atom stereocenters. The molecule has 0 saturated heterocycles. The Hall–Kier alpha value is -2.33. The average molecular weight is 325 g/mol. The number of rotatable bonds is 8. The third-order valence-electron chi connectivity index (χ3n) is 4.05. The fourth-order valence-electron chi connectivity index (χ4n) is 2.58. The van der Waals surface area contributed by atoms with Crippen molar-refractivity contribution in [1.82, 2.24) is 9.80 Å². The molecule has 0 aromatic heterocycles.